The number of rotatable bonds is 9. The molecule has 0 saturated carbocycles. The molecule has 0 unspecified atom stereocenters. The Bertz CT molecular complexity index is 647. The van der Waals surface area contributed by atoms with E-state index in [0.29, 0.717) is 12.1 Å². The third-order valence-electron chi connectivity index (χ3n) is 6.32. The van der Waals surface area contributed by atoms with Crippen molar-refractivity contribution in [3.63, 3.8) is 0 Å². The first-order chi connectivity index (χ1) is 13.6. The molecule has 3 atom stereocenters. The fourth-order valence-corrected chi connectivity index (χ4v) is 5.71. The minimum Gasteiger partial charge on any atom is -0.344 e. The van der Waals surface area contributed by atoms with Crippen molar-refractivity contribution in [3.05, 3.63) is 35.9 Å². The highest BCUT2D eigenvalue weighted by atomic mass is 32.2. The van der Waals surface area contributed by atoms with Crippen LogP contribution in [0.2, 0.25) is 0 Å². The molecule has 0 bridgehead atoms. The van der Waals surface area contributed by atoms with Crippen LogP contribution in [0.1, 0.15) is 57.9 Å². The van der Waals surface area contributed by atoms with Crippen molar-refractivity contribution in [2.45, 2.75) is 76.9 Å². The van der Waals surface area contributed by atoms with Crippen LogP contribution < -0.4 is 5.32 Å². The summed E-state index contributed by atoms with van der Waals surface area (Å²) < 4.78 is 0. The molecule has 2 aliphatic heterocycles. The van der Waals surface area contributed by atoms with Gasteiger partial charge >= 0.3 is 0 Å². The molecule has 2 amide bonds. The fourth-order valence-electron chi connectivity index (χ4n) is 4.57. The topological polar surface area (TPSA) is 49.4 Å². The number of hydrogen-bond acceptors (Lipinski definition) is 3. The summed E-state index contributed by atoms with van der Waals surface area (Å²) in [6.45, 7) is 4.07. The number of carbonyl (C=O) groups excluding carboxylic acids is 2. The number of hydrogen-bond donors (Lipinski definition) is 1. The Kier molecular flexibility index (Phi) is 7.83. The zero-order chi connectivity index (χ0) is 19.9. The third kappa shape index (κ3) is 5.11. The average Bonchev–Trinajstić information content (AvgIpc) is 3.13. The lowest BCUT2D eigenvalue weighted by atomic mass is 9.96. The maximum absolute atomic E-state index is 13.1. The first-order valence-electron chi connectivity index (χ1n) is 10.9. The van der Waals surface area contributed by atoms with Gasteiger partial charge in [0.2, 0.25) is 11.8 Å². The fraction of sp³-hybridized carbons (Fsp3) is 0.652. The molecule has 154 valence electrons. The van der Waals surface area contributed by atoms with E-state index in [1.54, 1.807) is 0 Å². The van der Waals surface area contributed by atoms with E-state index in [-0.39, 0.29) is 23.8 Å². The van der Waals surface area contributed by atoms with Gasteiger partial charge in [0.05, 0.1) is 0 Å². The minimum atomic E-state index is -0.320. The molecule has 4 nitrogen and oxygen atoms in total. The van der Waals surface area contributed by atoms with Gasteiger partial charge in [0.1, 0.15) is 6.04 Å². The van der Waals surface area contributed by atoms with Gasteiger partial charge < -0.3 is 10.2 Å². The summed E-state index contributed by atoms with van der Waals surface area (Å²) in [6.07, 6.45) is 6.76. The number of thioether (sulfide) groups is 1. The van der Waals surface area contributed by atoms with E-state index in [4.69, 9.17) is 0 Å². The number of benzene rings is 1. The van der Waals surface area contributed by atoms with Crippen molar-refractivity contribution in [1.82, 2.24) is 10.2 Å². The van der Waals surface area contributed by atoms with Crippen LogP contribution >= 0.6 is 11.8 Å². The Balaban J connectivity index is 1.50. The van der Waals surface area contributed by atoms with Crippen LogP contribution in [0.4, 0.5) is 0 Å². The lowest BCUT2D eigenvalue weighted by Crippen LogP contribution is -2.57. The van der Waals surface area contributed by atoms with E-state index in [1.165, 1.54) is 5.56 Å². The standard InChI is InChI=1S/C23H34N2O2S/c1-3-18(4-2)22(26)24-21-13-12-19-10-11-20(25(19)23(21)27)16-28-15-14-17-8-6-5-7-9-17/h5-9,18-21H,3-4,10-16H2,1-2H3,(H,24,26)/t19-,20+,21+/m1/s1. The average molecular weight is 403 g/mol. The third-order valence-corrected chi connectivity index (χ3v) is 7.44. The van der Waals surface area contributed by atoms with Crippen molar-refractivity contribution in [1.29, 1.82) is 0 Å². The first-order valence-corrected chi connectivity index (χ1v) is 12.0. The van der Waals surface area contributed by atoms with E-state index in [1.807, 2.05) is 25.6 Å². The van der Waals surface area contributed by atoms with Crippen LogP contribution in [0.25, 0.3) is 0 Å². The summed E-state index contributed by atoms with van der Waals surface area (Å²) in [6, 6.07) is 11.0. The lowest BCUT2D eigenvalue weighted by Gasteiger charge is -2.38. The van der Waals surface area contributed by atoms with Crippen molar-refractivity contribution >= 4 is 23.6 Å². The molecule has 0 radical (unpaired) electrons. The predicted molar refractivity (Wildman–Crippen MR) is 116 cm³/mol. The van der Waals surface area contributed by atoms with Gasteiger partial charge in [-0.15, -0.1) is 0 Å². The van der Waals surface area contributed by atoms with Gasteiger partial charge in [0.15, 0.2) is 0 Å². The van der Waals surface area contributed by atoms with E-state index in [0.717, 1.165) is 56.5 Å². The molecule has 2 aliphatic rings. The molecule has 28 heavy (non-hydrogen) atoms. The lowest BCUT2D eigenvalue weighted by molar-refractivity contribution is -0.142. The molecule has 2 fully saturated rings. The van der Waals surface area contributed by atoms with Gasteiger partial charge in [-0.05, 0) is 56.3 Å². The highest BCUT2D eigenvalue weighted by molar-refractivity contribution is 7.99. The van der Waals surface area contributed by atoms with E-state index >= 15 is 0 Å². The largest absolute Gasteiger partial charge is 0.344 e. The molecule has 1 aromatic carbocycles. The second-order valence-corrected chi connectivity index (χ2v) is 9.24. The Hall–Kier alpha value is -1.49. The van der Waals surface area contributed by atoms with Crippen LogP contribution in [-0.4, -0.2) is 46.3 Å². The summed E-state index contributed by atoms with van der Waals surface area (Å²) in [5.41, 5.74) is 1.37. The summed E-state index contributed by atoms with van der Waals surface area (Å²) in [5.74, 6) is 2.31. The van der Waals surface area contributed by atoms with Gasteiger partial charge in [-0.25, -0.2) is 0 Å². The van der Waals surface area contributed by atoms with Crippen molar-refractivity contribution in [2.75, 3.05) is 11.5 Å². The van der Waals surface area contributed by atoms with Crippen LogP contribution in [0.3, 0.4) is 0 Å². The van der Waals surface area contributed by atoms with Crippen molar-refractivity contribution in [2.24, 2.45) is 5.92 Å². The quantitative estimate of drug-likeness (QED) is 0.634. The Labute approximate surface area is 173 Å². The van der Waals surface area contributed by atoms with Crippen LogP contribution in [0.15, 0.2) is 30.3 Å². The van der Waals surface area contributed by atoms with E-state index < -0.39 is 0 Å². The smallest absolute Gasteiger partial charge is 0.245 e. The normalized spacial score (nSPS) is 24.5. The first kappa shape index (κ1) is 21.2. The zero-order valence-electron chi connectivity index (χ0n) is 17.2. The molecule has 2 saturated heterocycles. The summed E-state index contributed by atoms with van der Waals surface area (Å²) in [5, 5.41) is 3.06. The monoisotopic (exact) mass is 402 g/mol. The number of nitrogens with zero attached hydrogens (tertiary/aromatic N) is 1. The number of amides is 2. The Morgan fingerprint density at radius 2 is 1.86 bits per heavy atom. The van der Waals surface area contributed by atoms with Gasteiger partial charge in [0, 0.05) is 23.8 Å². The summed E-state index contributed by atoms with van der Waals surface area (Å²) in [4.78, 5) is 27.7. The molecule has 1 N–H and O–H groups in total. The number of nitrogens with one attached hydrogen (secondary N) is 1. The Morgan fingerprint density at radius 1 is 1.14 bits per heavy atom. The molecular weight excluding hydrogens is 368 g/mol. The predicted octanol–water partition coefficient (Wildman–Crippen LogP) is 4.04. The van der Waals surface area contributed by atoms with Gasteiger partial charge in [0.25, 0.3) is 0 Å². The van der Waals surface area contributed by atoms with Gasteiger partial charge in [-0.2, -0.15) is 11.8 Å². The molecular formula is C23H34N2O2S. The van der Waals surface area contributed by atoms with Gasteiger partial charge in [-0.3, -0.25) is 9.59 Å². The summed E-state index contributed by atoms with van der Waals surface area (Å²) >= 11 is 1.95. The molecule has 3 rings (SSSR count). The second kappa shape index (κ2) is 10.3. The van der Waals surface area contributed by atoms with Crippen LogP contribution in [0, 0.1) is 5.92 Å². The highest BCUT2D eigenvalue weighted by Gasteiger charge is 2.43. The van der Waals surface area contributed by atoms with E-state index in [9.17, 15) is 9.59 Å². The second-order valence-electron chi connectivity index (χ2n) is 8.09. The maximum atomic E-state index is 13.1. The number of piperidine rings is 1. The number of carbonyl (C=O) groups is 2. The van der Waals surface area contributed by atoms with Crippen molar-refractivity contribution in [3.8, 4) is 0 Å². The minimum absolute atomic E-state index is 0.0217. The Morgan fingerprint density at radius 3 is 2.57 bits per heavy atom. The molecule has 0 spiro atoms. The van der Waals surface area contributed by atoms with E-state index in [2.05, 4.69) is 40.5 Å². The molecule has 2 heterocycles. The number of fused-ring (bicyclic) bond motifs is 1. The van der Waals surface area contributed by atoms with Crippen LogP contribution in [-0.2, 0) is 16.0 Å². The molecule has 0 aromatic heterocycles. The molecule has 0 aliphatic carbocycles. The molecule has 5 heteroatoms. The van der Waals surface area contributed by atoms with Crippen molar-refractivity contribution < 1.29 is 9.59 Å². The highest BCUT2D eigenvalue weighted by Crippen LogP contribution is 2.34. The van der Waals surface area contributed by atoms with Gasteiger partial charge in [-0.1, -0.05) is 44.2 Å². The summed E-state index contributed by atoms with van der Waals surface area (Å²) in [7, 11) is 0. The number of aryl methyl sites for hydroxylation is 1. The van der Waals surface area contributed by atoms with Crippen LogP contribution in [0.5, 0.6) is 0 Å². The maximum Gasteiger partial charge on any atom is 0.245 e. The SMILES string of the molecule is CCC(CC)C(=O)N[C@H]1CC[C@H]2CC[C@@H](CSCCc3ccccc3)N2C1=O. The zero-order valence-corrected chi connectivity index (χ0v) is 18.0. The molecule has 1 aromatic rings.